The highest BCUT2D eigenvalue weighted by Gasteiger charge is 2.43. The van der Waals surface area contributed by atoms with E-state index >= 15 is 0 Å². The molecule has 1 atom stereocenters. The molecule has 1 saturated carbocycles. The van der Waals surface area contributed by atoms with Gasteiger partial charge in [0.1, 0.15) is 0 Å². The largest absolute Gasteiger partial charge is 0.379 e. The second-order valence-electron chi connectivity index (χ2n) is 8.62. The lowest BCUT2D eigenvalue weighted by Gasteiger charge is -2.43. The Bertz CT molecular complexity index is 670. The molecule has 1 aliphatic carbocycles. The Labute approximate surface area is 173 Å². The number of likely N-dealkylation sites (tertiary alicyclic amines) is 1. The summed E-state index contributed by atoms with van der Waals surface area (Å²) in [6, 6.07) is 0.384. The van der Waals surface area contributed by atoms with E-state index in [1.165, 1.54) is 12.8 Å². The molecular formula is C20H35N7O2. The molecular weight excluding hydrogens is 370 g/mol. The van der Waals surface area contributed by atoms with Crippen molar-refractivity contribution in [2.45, 2.75) is 63.5 Å². The third-order valence-corrected chi connectivity index (χ3v) is 6.73. The Morgan fingerprint density at radius 1 is 1.21 bits per heavy atom. The number of carbonyl (C=O) groups is 1. The molecule has 1 aromatic heterocycles. The Morgan fingerprint density at radius 3 is 2.76 bits per heavy atom. The van der Waals surface area contributed by atoms with Crippen LogP contribution in [0.2, 0.25) is 0 Å². The smallest absolute Gasteiger partial charge is 0.222 e. The second kappa shape index (κ2) is 9.49. The number of hydrogen-bond acceptors (Lipinski definition) is 7. The van der Waals surface area contributed by atoms with E-state index in [0.717, 1.165) is 77.4 Å². The number of tetrazole rings is 1. The SMILES string of the molecule is CCC(=O)N1CCCC(NCCN2CCOCC2)(c2nnnn2C2CCCC2)C1. The van der Waals surface area contributed by atoms with Crippen LogP contribution in [0, 0.1) is 0 Å². The van der Waals surface area contributed by atoms with Crippen LogP contribution in [-0.4, -0.2) is 88.4 Å². The number of rotatable bonds is 7. The standard InChI is InChI=1S/C20H35N7O2/c1-2-18(28)26-10-5-8-20(16-26,21-9-11-25-12-14-29-15-13-25)19-22-23-24-27(19)17-6-3-4-7-17/h17,21H,2-16H2,1H3. The van der Waals surface area contributed by atoms with Gasteiger partial charge in [0.15, 0.2) is 5.82 Å². The molecule has 9 heteroatoms. The Balaban J connectivity index is 1.54. The van der Waals surface area contributed by atoms with E-state index in [1.807, 2.05) is 11.8 Å². The predicted octanol–water partition coefficient (Wildman–Crippen LogP) is 0.938. The predicted molar refractivity (Wildman–Crippen MR) is 108 cm³/mol. The fourth-order valence-corrected chi connectivity index (χ4v) is 5.08. The lowest BCUT2D eigenvalue weighted by Crippen LogP contribution is -2.58. The van der Waals surface area contributed by atoms with Gasteiger partial charge in [-0.25, -0.2) is 4.68 Å². The Hall–Kier alpha value is -1.58. The van der Waals surface area contributed by atoms with Crippen LogP contribution in [-0.2, 0) is 15.1 Å². The maximum absolute atomic E-state index is 12.5. The van der Waals surface area contributed by atoms with Gasteiger partial charge < -0.3 is 15.0 Å². The molecule has 9 nitrogen and oxygen atoms in total. The lowest BCUT2D eigenvalue weighted by molar-refractivity contribution is -0.133. The topological polar surface area (TPSA) is 88.4 Å². The van der Waals surface area contributed by atoms with E-state index in [2.05, 4.69) is 30.4 Å². The lowest BCUT2D eigenvalue weighted by atomic mass is 9.87. The quantitative estimate of drug-likeness (QED) is 0.722. The first-order valence-electron chi connectivity index (χ1n) is 11.3. The summed E-state index contributed by atoms with van der Waals surface area (Å²) in [5, 5.41) is 16.8. The highest BCUT2D eigenvalue weighted by Crippen LogP contribution is 2.35. The minimum atomic E-state index is -0.374. The minimum absolute atomic E-state index is 0.212. The molecule has 0 spiro atoms. The molecule has 2 saturated heterocycles. The molecule has 1 N–H and O–H groups in total. The number of aromatic nitrogens is 4. The molecule has 0 radical (unpaired) electrons. The van der Waals surface area contributed by atoms with Gasteiger partial charge >= 0.3 is 0 Å². The van der Waals surface area contributed by atoms with Gasteiger partial charge in [-0.2, -0.15) is 0 Å². The summed E-state index contributed by atoms with van der Waals surface area (Å²) < 4.78 is 7.53. The first-order valence-corrected chi connectivity index (χ1v) is 11.3. The number of nitrogens with one attached hydrogen (secondary N) is 1. The molecule has 4 rings (SSSR count). The van der Waals surface area contributed by atoms with Crippen LogP contribution in [0.25, 0.3) is 0 Å². The molecule has 2 aliphatic heterocycles. The van der Waals surface area contributed by atoms with Gasteiger partial charge in [-0.05, 0) is 36.1 Å². The summed E-state index contributed by atoms with van der Waals surface area (Å²) in [6.45, 7) is 8.81. The average Bonchev–Trinajstić information content (AvgIpc) is 3.46. The number of carbonyl (C=O) groups excluding carboxylic acids is 1. The van der Waals surface area contributed by atoms with Crippen molar-refractivity contribution >= 4 is 5.91 Å². The number of nitrogens with zero attached hydrogens (tertiary/aromatic N) is 6. The third kappa shape index (κ3) is 4.62. The van der Waals surface area contributed by atoms with E-state index in [-0.39, 0.29) is 11.4 Å². The first-order chi connectivity index (χ1) is 14.2. The summed E-state index contributed by atoms with van der Waals surface area (Å²) in [7, 11) is 0. The van der Waals surface area contributed by atoms with Gasteiger partial charge in [0.2, 0.25) is 5.91 Å². The molecule has 1 unspecified atom stereocenters. The maximum Gasteiger partial charge on any atom is 0.222 e. The van der Waals surface area contributed by atoms with E-state index in [1.54, 1.807) is 0 Å². The third-order valence-electron chi connectivity index (χ3n) is 6.73. The van der Waals surface area contributed by atoms with Gasteiger partial charge in [-0.15, -0.1) is 5.10 Å². The summed E-state index contributed by atoms with van der Waals surface area (Å²) in [5.74, 6) is 1.13. The van der Waals surface area contributed by atoms with E-state index in [0.29, 0.717) is 19.0 Å². The van der Waals surface area contributed by atoms with E-state index < -0.39 is 0 Å². The van der Waals surface area contributed by atoms with Crippen molar-refractivity contribution in [2.75, 3.05) is 52.5 Å². The van der Waals surface area contributed by atoms with Crippen LogP contribution >= 0.6 is 0 Å². The second-order valence-corrected chi connectivity index (χ2v) is 8.62. The van der Waals surface area contributed by atoms with Crippen LogP contribution < -0.4 is 5.32 Å². The minimum Gasteiger partial charge on any atom is -0.379 e. The van der Waals surface area contributed by atoms with Crippen molar-refractivity contribution in [3.8, 4) is 0 Å². The van der Waals surface area contributed by atoms with Crippen LogP contribution in [0.15, 0.2) is 0 Å². The number of morpholine rings is 1. The zero-order valence-corrected chi connectivity index (χ0v) is 17.7. The highest BCUT2D eigenvalue weighted by atomic mass is 16.5. The fraction of sp³-hybridized carbons (Fsp3) is 0.900. The van der Waals surface area contributed by atoms with Crippen molar-refractivity contribution in [3.05, 3.63) is 5.82 Å². The van der Waals surface area contributed by atoms with Gasteiger partial charge in [0.05, 0.1) is 24.8 Å². The summed E-state index contributed by atoms with van der Waals surface area (Å²) in [6.07, 6.45) is 7.21. The highest BCUT2D eigenvalue weighted by molar-refractivity contribution is 5.76. The van der Waals surface area contributed by atoms with Crippen molar-refractivity contribution in [1.82, 2.24) is 35.3 Å². The molecule has 0 aromatic carbocycles. The monoisotopic (exact) mass is 405 g/mol. The molecule has 3 fully saturated rings. The molecule has 1 amide bonds. The maximum atomic E-state index is 12.5. The zero-order chi connectivity index (χ0) is 20.1. The van der Waals surface area contributed by atoms with Crippen molar-refractivity contribution < 1.29 is 9.53 Å². The van der Waals surface area contributed by atoms with Crippen LogP contribution in [0.3, 0.4) is 0 Å². The number of ether oxygens (including phenoxy) is 1. The van der Waals surface area contributed by atoms with Crippen molar-refractivity contribution in [1.29, 1.82) is 0 Å². The molecule has 0 bridgehead atoms. The zero-order valence-electron chi connectivity index (χ0n) is 17.7. The van der Waals surface area contributed by atoms with Crippen LogP contribution in [0.5, 0.6) is 0 Å². The van der Waals surface area contributed by atoms with Crippen molar-refractivity contribution in [3.63, 3.8) is 0 Å². The van der Waals surface area contributed by atoms with Gasteiger partial charge in [0, 0.05) is 45.7 Å². The summed E-state index contributed by atoms with van der Waals surface area (Å²) >= 11 is 0. The van der Waals surface area contributed by atoms with Crippen LogP contribution in [0.1, 0.15) is 63.7 Å². The summed E-state index contributed by atoms with van der Waals surface area (Å²) in [4.78, 5) is 16.9. The first kappa shape index (κ1) is 20.7. The average molecular weight is 406 g/mol. The summed E-state index contributed by atoms with van der Waals surface area (Å²) in [5.41, 5.74) is -0.374. The molecule has 29 heavy (non-hydrogen) atoms. The molecule has 1 aromatic rings. The Morgan fingerprint density at radius 2 is 2.00 bits per heavy atom. The van der Waals surface area contributed by atoms with E-state index in [9.17, 15) is 4.79 Å². The molecule has 3 heterocycles. The van der Waals surface area contributed by atoms with Gasteiger partial charge in [0.25, 0.3) is 0 Å². The van der Waals surface area contributed by atoms with Crippen molar-refractivity contribution in [2.24, 2.45) is 0 Å². The van der Waals surface area contributed by atoms with E-state index in [4.69, 9.17) is 4.74 Å². The fourth-order valence-electron chi connectivity index (χ4n) is 5.08. The number of amides is 1. The molecule has 3 aliphatic rings. The normalized spacial score (nSPS) is 26.9. The van der Waals surface area contributed by atoms with Crippen LogP contribution in [0.4, 0.5) is 0 Å². The molecule has 162 valence electrons. The number of hydrogen-bond donors (Lipinski definition) is 1. The Kier molecular flexibility index (Phi) is 6.77. The number of piperidine rings is 1. The van der Waals surface area contributed by atoms with Gasteiger partial charge in [-0.3, -0.25) is 9.69 Å². The van der Waals surface area contributed by atoms with Gasteiger partial charge in [-0.1, -0.05) is 19.8 Å².